The van der Waals surface area contributed by atoms with E-state index in [1.165, 1.54) is 0 Å². The van der Waals surface area contributed by atoms with Crippen LogP contribution in [0, 0.1) is 6.92 Å². The van der Waals surface area contributed by atoms with Crippen LogP contribution in [0.25, 0.3) is 6.08 Å². The Morgan fingerprint density at radius 2 is 1.97 bits per heavy atom. The number of fused-ring (bicyclic) bond motifs is 2. The fourth-order valence-corrected chi connectivity index (χ4v) is 3.75. The van der Waals surface area contributed by atoms with Crippen molar-refractivity contribution >= 4 is 11.9 Å². The highest BCUT2D eigenvalue weighted by molar-refractivity contribution is 6.15. The van der Waals surface area contributed by atoms with Crippen LogP contribution in [0.5, 0.6) is 23.0 Å². The molecule has 2 aliphatic rings. The predicted octanol–water partition coefficient (Wildman–Crippen LogP) is 3.43. The van der Waals surface area contributed by atoms with E-state index < -0.39 is 0 Å². The monoisotopic (exact) mass is 411 g/mol. The number of nitrogens with zero attached hydrogens (tertiary/aromatic N) is 1. The van der Waals surface area contributed by atoms with Crippen molar-refractivity contribution in [1.29, 1.82) is 0 Å². The zero-order valence-electron chi connectivity index (χ0n) is 17.6. The van der Waals surface area contributed by atoms with Crippen LogP contribution in [-0.4, -0.2) is 51.9 Å². The topological polar surface area (TPSA) is 66.5 Å². The third kappa shape index (κ3) is 3.62. The van der Waals surface area contributed by atoms with Crippen LogP contribution in [0.2, 0.25) is 0 Å². The SMILES string of the molecule is COCCN1COc2c(cc3c(c2C)OC(=Cc2cc(OC)ccc2OC)C3=O)C1. The number of allylic oxidation sites excluding steroid dienone is 1. The zero-order valence-corrected chi connectivity index (χ0v) is 17.6. The molecule has 0 amide bonds. The summed E-state index contributed by atoms with van der Waals surface area (Å²) in [6, 6.07) is 7.28. The Balaban J connectivity index is 1.67. The highest BCUT2D eigenvalue weighted by atomic mass is 16.5. The van der Waals surface area contributed by atoms with E-state index in [0.29, 0.717) is 48.3 Å². The van der Waals surface area contributed by atoms with Crippen LogP contribution in [0.15, 0.2) is 30.0 Å². The Bertz CT molecular complexity index is 1010. The normalized spacial score (nSPS) is 16.7. The number of Topliss-reactive ketones (excluding diaryl/α,β-unsaturated/α-hetero) is 1. The summed E-state index contributed by atoms with van der Waals surface area (Å²) in [5, 5.41) is 0. The van der Waals surface area contributed by atoms with Crippen LogP contribution in [0.1, 0.15) is 27.0 Å². The molecule has 2 aliphatic heterocycles. The predicted molar refractivity (Wildman–Crippen MR) is 111 cm³/mol. The van der Waals surface area contributed by atoms with Crippen molar-refractivity contribution in [1.82, 2.24) is 4.90 Å². The van der Waals surface area contributed by atoms with Gasteiger partial charge in [0.2, 0.25) is 5.78 Å². The Kier molecular flexibility index (Phi) is 5.65. The second kappa shape index (κ2) is 8.38. The van der Waals surface area contributed by atoms with E-state index in [2.05, 4.69) is 4.90 Å². The molecular formula is C23H25NO6. The van der Waals surface area contributed by atoms with Crippen molar-refractivity contribution in [3.8, 4) is 23.0 Å². The number of hydrogen-bond acceptors (Lipinski definition) is 7. The van der Waals surface area contributed by atoms with Gasteiger partial charge in [-0.2, -0.15) is 0 Å². The van der Waals surface area contributed by atoms with E-state index >= 15 is 0 Å². The number of carbonyl (C=O) groups excluding carboxylic acids is 1. The Morgan fingerprint density at radius 3 is 2.70 bits per heavy atom. The molecule has 0 bridgehead atoms. The Labute approximate surface area is 175 Å². The molecule has 0 aliphatic carbocycles. The fraction of sp³-hybridized carbons (Fsp3) is 0.348. The maximum absolute atomic E-state index is 13.1. The maximum atomic E-state index is 13.1. The molecule has 2 heterocycles. The van der Waals surface area contributed by atoms with E-state index in [4.69, 9.17) is 23.7 Å². The van der Waals surface area contributed by atoms with E-state index in [1.54, 1.807) is 45.6 Å². The molecule has 0 spiro atoms. The van der Waals surface area contributed by atoms with E-state index in [9.17, 15) is 4.79 Å². The molecule has 2 aromatic rings. The lowest BCUT2D eigenvalue weighted by Gasteiger charge is -2.30. The molecule has 7 heteroatoms. The summed E-state index contributed by atoms with van der Waals surface area (Å²) in [4.78, 5) is 15.2. The molecule has 0 radical (unpaired) electrons. The van der Waals surface area contributed by atoms with E-state index in [0.717, 1.165) is 23.4 Å². The number of rotatable bonds is 6. The average molecular weight is 411 g/mol. The molecule has 30 heavy (non-hydrogen) atoms. The molecule has 7 nitrogen and oxygen atoms in total. The number of methoxy groups -OCH3 is 3. The molecule has 0 atom stereocenters. The summed E-state index contributed by atoms with van der Waals surface area (Å²) in [6.07, 6.45) is 1.69. The number of hydrogen-bond donors (Lipinski definition) is 0. The van der Waals surface area contributed by atoms with Gasteiger partial charge in [-0.1, -0.05) is 0 Å². The third-order valence-corrected chi connectivity index (χ3v) is 5.34. The minimum Gasteiger partial charge on any atom is -0.497 e. The Hall–Kier alpha value is -3.03. The average Bonchev–Trinajstić information content (AvgIpc) is 3.08. The molecule has 0 N–H and O–H groups in total. The van der Waals surface area contributed by atoms with E-state index in [-0.39, 0.29) is 11.5 Å². The van der Waals surface area contributed by atoms with Crippen LogP contribution in [0.3, 0.4) is 0 Å². The van der Waals surface area contributed by atoms with Gasteiger partial charge >= 0.3 is 0 Å². The number of ketones is 1. The molecule has 0 aromatic heterocycles. The first-order valence-electron chi connectivity index (χ1n) is 9.72. The minimum absolute atomic E-state index is 0.158. The second-order valence-corrected chi connectivity index (χ2v) is 7.23. The smallest absolute Gasteiger partial charge is 0.231 e. The summed E-state index contributed by atoms with van der Waals surface area (Å²) in [7, 11) is 4.85. The molecule has 4 rings (SSSR count). The van der Waals surface area contributed by atoms with Gasteiger partial charge in [-0.05, 0) is 37.3 Å². The van der Waals surface area contributed by atoms with Gasteiger partial charge in [0.1, 0.15) is 29.7 Å². The lowest BCUT2D eigenvalue weighted by Crippen LogP contribution is -2.34. The van der Waals surface area contributed by atoms with Gasteiger partial charge in [-0.3, -0.25) is 9.69 Å². The van der Waals surface area contributed by atoms with Crippen molar-refractivity contribution < 1.29 is 28.5 Å². The van der Waals surface area contributed by atoms with Crippen LogP contribution in [0.4, 0.5) is 0 Å². The lowest BCUT2D eigenvalue weighted by atomic mass is 10.00. The van der Waals surface area contributed by atoms with Crippen molar-refractivity contribution in [2.75, 3.05) is 41.2 Å². The highest BCUT2D eigenvalue weighted by Crippen LogP contribution is 2.43. The molecule has 0 fully saturated rings. The number of benzene rings is 2. The molecule has 158 valence electrons. The van der Waals surface area contributed by atoms with Crippen LogP contribution < -0.4 is 18.9 Å². The van der Waals surface area contributed by atoms with Gasteiger partial charge in [0.25, 0.3) is 0 Å². The van der Waals surface area contributed by atoms with Crippen LogP contribution >= 0.6 is 0 Å². The molecule has 0 saturated heterocycles. The van der Waals surface area contributed by atoms with E-state index in [1.807, 2.05) is 13.0 Å². The van der Waals surface area contributed by atoms with Crippen LogP contribution in [-0.2, 0) is 11.3 Å². The lowest BCUT2D eigenvalue weighted by molar-refractivity contribution is 0.0649. The quantitative estimate of drug-likeness (QED) is 0.675. The minimum atomic E-state index is -0.158. The van der Waals surface area contributed by atoms with Gasteiger partial charge in [0.05, 0.1) is 26.4 Å². The van der Waals surface area contributed by atoms with Gasteiger partial charge in [-0.15, -0.1) is 0 Å². The first-order chi connectivity index (χ1) is 14.5. The van der Waals surface area contributed by atoms with Gasteiger partial charge in [0, 0.05) is 36.9 Å². The summed E-state index contributed by atoms with van der Waals surface area (Å²) in [5.74, 6) is 2.73. The largest absolute Gasteiger partial charge is 0.497 e. The van der Waals surface area contributed by atoms with Crippen molar-refractivity contribution in [3.05, 3.63) is 52.3 Å². The third-order valence-electron chi connectivity index (χ3n) is 5.34. The first kappa shape index (κ1) is 20.3. The standard InChI is InChI=1S/C23H25NO6/c1-14-22-16(12-24(13-29-22)7-8-26-2)10-18-21(25)20(30-23(14)18)11-15-9-17(27-3)5-6-19(15)28-4/h5-6,9-11H,7-8,12-13H2,1-4H3. The zero-order chi connectivity index (χ0) is 21.3. The fourth-order valence-electron chi connectivity index (χ4n) is 3.75. The highest BCUT2D eigenvalue weighted by Gasteiger charge is 2.33. The second-order valence-electron chi connectivity index (χ2n) is 7.23. The molecule has 0 saturated carbocycles. The van der Waals surface area contributed by atoms with Crippen molar-refractivity contribution in [3.63, 3.8) is 0 Å². The molecule has 2 aromatic carbocycles. The number of carbonyl (C=O) groups is 1. The molecule has 0 unspecified atom stereocenters. The Morgan fingerprint density at radius 1 is 1.13 bits per heavy atom. The summed E-state index contributed by atoms with van der Waals surface area (Å²) >= 11 is 0. The number of ether oxygens (including phenoxy) is 5. The maximum Gasteiger partial charge on any atom is 0.231 e. The van der Waals surface area contributed by atoms with Gasteiger partial charge in [0.15, 0.2) is 5.76 Å². The van der Waals surface area contributed by atoms with Crippen molar-refractivity contribution in [2.24, 2.45) is 0 Å². The summed E-state index contributed by atoms with van der Waals surface area (Å²) in [6.45, 7) is 4.48. The summed E-state index contributed by atoms with van der Waals surface area (Å²) in [5.41, 5.74) is 3.07. The van der Waals surface area contributed by atoms with Gasteiger partial charge < -0.3 is 23.7 Å². The van der Waals surface area contributed by atoms with Gasteiger partial charge in [-0.25, -0.2) is 0 Å². The van der Waals surface area contributed by atoms with Crippen molar-refractivity contribution in [2.45, 2.75) is 13.5 Å². The first-order valence-corrected chi connectivity index (χ1v) is 9.72. The molecular weight excluding hydrogens is 386 g/mol. The summed E-state index contributed by atoms with van der Waals surface area (Å²) < 4.78 is 27.8.